The fourth-order valence-corrected chi connectivity index (χ4v) is 2.17. The van der Waals surface area contributed by atoms with Crippen LogP contribution in [-0.2, 0) is 0 Å². The fourth-order valence-electron chi connectivity index (χ4n) is 2.17. The molecule has 3 aromatic rings. The molecule has 0 atom stereocenters. The number of aromatic nitrogens is 4. The Morgan fingerprint density at radius 3 is 2.73 bits per heavy atom. The number of hydrogen-bond acceptors (Lipinski definition) is 4. The fraction of sp³-hybridized carbons (Fsp3) is 0.133. The number of rotatable bonds is 3. The zero-order chi connectivity index (χ0) is 15.7. The van der Waals surface area contributed by atoms with Gasteiger partial charge in [0, 0.05) is 18.7 Å². The number of benzene rings is 1. The van der Waals surface area contributed by atoms with E-state index in [0.29, 0.717) is 17.3 Å². The quantitative estimate of drug-likeness (QED) is 0.682. The lowest BCUT2D eigenvalue weighted by Gasteiger charge is -2.03. The van der Waals surface area contributed by atoms with Crippen molar-refractivity contribution in [2.75, 3.05) is 12.8 Å². The average Bonchev–Trinajstić information content (AvgIpc) is 3.13. The molecule has 22 heavy (non-hydrogen) atoms. The Morgan fingerprint density at radius 2 is 2.05 bits per heavy atom. The lowest BCUT2D eigenvalue weighted by Crippen LogP contribution is -2.20. The molecule has 112 valence electrons. The van der Waals surface area contributed by atoms with E-state index in [2.05, 4.69) is 20.4 Å². The van der Waals surface area contributed by atoms with Gasteiger partial charge in [-0.05, 0) is 6.92 Å². The third-order valence-electron chi connectivity index (χ3n) is 3.36. The number of carbonyl (C=O) groups excluding carboxylic acids is 1. The Kier molecular flexibility index (Phi) is 3.38. The predicted octanol–water partition coefficient (Wildman–Crippen LogP) is 1.51. The summed E-state index contributed by atoms with van der Waals surface area (Å²) in [7, 11) is 1.55. The zero-order valence-electron chi connectivity index (χ0n) is 12.3. The van der Waals surface area contributed by atoms with Crippen LogP contribution in [0.15, 0.2) is 36.7 Å². The Bertz CT molecular complexity index is 815. The maximum atomic E-state index is 11.8. The van der Waals surface area contributed by atoms with Gasteiger partial charge < -0.3 is 16.0 Å². The molecule has 0 radical (unpaired) electrons. The monoisotopic (exact) mass is 296 g/mol. The molecule has 0 unspecified atom stereocenters. The SMILES string of the molecule is CNC(=O)c1[nH]cnc1-n1nc(-c2ccc(C)cc2)cc1N. The second-order valence-electron chi connectivity index (χ2n) is 4.91. The molecule has 0 aliphatic heterocycles. The number of imidazole rings is 1. The molecule has 7 heteroatoms. The zero-order valence-corrected chi connectivity index (χ0v) is 12.3. The van der Waals surface area contributed by atoms with Crippen molar-refractivity contribution in [3.8, 4) is 17.1 Å². The lowest BCUT2D eigenvalue weighted by molar-refractivity contribution is 0.0958. The molecule has 3 rings (SSSR count). The highest BCUT2D eigenvalue weighted by Gasteiger charge is 2.18. The van der Waals surface area contributed by atoms with Crippen molar-refractivity contribution in [3.63, 3.8) is 0 Å². The highest BCUT2D eigenvalue weighted by molar-refractivity contribution is 5.95. The summed E-state index contributed by atoms with van der Waals surface area (Å²) in [6.07, 6.45) is 1.44. The number of nitrogens with two attached hydrogens (primary N) is 1. The number of nitrogens with zero attached hydrogens (tertiary/aromatic N) is 3. The number of aromatic amines is 1. The largest absolute Gasteiger partial charge is 0.384 e. The first-order chi connectivity index (χ1) is 10.6. The molecular formula is C15H16N6O. The van der Waals surface area contributed by atoms with Gasteiger partial charge in [-0.1, -0.05) is 29.8 Å². The molecule has 2 aromatic heterocycles. The summed E-state index contributed by atoms with van der Waals surface area (Å²) in [5, 5.41) is 7.01. The number of carbonyl (C=O) groups is 1. The number of anilines is 1. The van der Waals surface area contributed by atoms with Gasteiger partial charge in [-0.2, -0.15) is 9.78 Å². The van der Waals surface area contributed by atoms with Crippen LogP contribution in [0.25, 0.3) is 17.1 Å². The Morgan fingerprint density at radius 1 is 1.32 bits per heavy atom. The molecule has 0 aliphatic rings. The summed E-state index contributed by atoms with van der Waals surface area (Å²) < 4.78 is 1.45. The molecule has 0 saturated carbocycles. The van der Waals surface area contributed by atoms with Crippen LogP contribution in [0.1, 0.15) is 16.1 Å². The molecule has 0 saturated heterocycles. The van der Waals surface area contributed by atoms with E-state index in [0.717, 1.165) is 11.3 Å². The highest BCUT2D eigenvalue weighted by atomic mass is 16.1. The van der Waals surface area contributed by atoms with Crippen LogP contribution in [0, 0.1) is 6.92 Å². The van der Waals surface area contributed by atoms with Gasteiger partial charge in [0.1, 0.15) is 5.82 Å². The van der Waals surface area contributed by atoms with Crippen molar-refractivity contribution in [1.82, 2.24) is 25.1 Å². The van der Waals surface area contributed by atoms with Crippen LogP contribution in [0.3, 0.4) is 0 Å². The molecule has 0 spiro atoms. The van der Waals surface area contributed by atoms with E-state index in [1.807, 2.05) is 31.2 Å². The number of amides is 1. The van der Waals surface area contributed by atoms with E-state index < -0.39 is 0 Å². The van der Waals surface area contributed by atoms with Gasteiger partial charge >= 0.3 is 0 Å². The molecular weight excluding hydrogens is 280 g/mol. The van der Waals surface area contributed by atoms with Crippen molar-refractivity contribution in [2.45, 2.75) is 6.92 Å². The summed E-state index contributed by atoms with van der Waals surface area (Å²) in [5.74, 6) is 0.502. The second kappa shape index (κ2) is 5.36. The maximum absolute atomic E-state index is 11.8. The van der Waals surface area contributed by atoms with Crippen LogP contribution in [0.4, 0.5) is 5.82 Å². The minimum atomic E-state index is -0.278. The molecule has 7 nitrogen and oxygen atoms in total. The molecule has 4 N–H and O–H groups in total. The number of nitrogen functional groups attached to an aromatic ring is 1. The molecule has 0 aliphatic carbocycles. The third kappa shape index (κ3) is 2.32. The van der Waals surface area contributed by atoms with Crippen LogP contribution in [0.5, 0.6) is 0 Å². The van der Waals surface area contributed by atoms with Crippen LogP contribution in [-0.4, -0.2) is 32.7 Å². The molecule has 1 aromatic carbocycles. The standard InChI is InChI=1S/C15H16N6O/c1-9-3-5-10(6-4-9)11-7-12(16)21(20-11)14-13(15(22)17-2)18-8-19-14/h3-8H,16H2,1-2H3,(H,17,22)(H,18,19). The molecule has 0 bridgehead atoms. The van der Waals surface area contributed by atoms with Crippen LogP contribution < -0.4 is 11.1 Å². The maximum Gasteiger partial charge on any atom is 0.271 e. The van der Waals surface area contributed by atoms with Crippen molar-refractivity contribution in [2.24, 2.45) is 0 Å². The number of H-pyrrole nitrogens is 1. The Hall–Kier alpha value is -3.09. The Balaban J connectivity index is 2.05. The average molecular weight is 296 g/mol. The van der Waals surface area contributed by atoms with E-state index in [9.17, 15) is 4.79 Å². The van der Waals surface area contributed by atoms with Gasteiger partial charge in [0.15, 0.2) is 11.5 Å². The third-order valence-corrected chi connectivity index (χ3v) is 3.36. The van der Waals surface area contributed by atoms with Gasteiger partial charge in [-0.3, -0.25) is 4.79 Å². The van der Waals surface area contributed by atoms with Gasteiger partial charge in [0.2, 0.25) is 0 Å². The van der Waals surface area contributed by atoms with E-state index >= 15 is 0 Å². The van der Waals surface area contributed by atoms with Crippen molar-refractivity contribution < 1.29 is 4.79 Å². The van der Waals surface area contributed by atoms with Crippen LogP contribution in [0.2, 0.25) is 0 Å². The van der Waals surface area contributed by atoms with Gasteiger partial charge in [-0.15, -0.1) is 0 Å². The van der Waals surface area contributed by atoms with Gasteiger partial charge in [0.25, 0.3) is 5.91 Å². The number of aryl methyl sites for hydroxylation is 1. The highest BCUT2D eigenvalue weighted by Crippen LogP contribution is 2.23. The summed E-state index contributed by atoms with van der Waals surface area (Å²) in [4.78, 5) is 18.8. The molecule has 1 amide bonds. The predicted molar refractivity (Wildman–Crippen MR) is 83.7 cm³/mol. The van der Waals surface area contributed by atoms with Crippen molar-refractivity contribution in [3.05, 3.63) is 47.9 Å². The first-order valence-corrected chi connectivity index (χ1v) is 6.78. The molecule has 2 heterocycles. The minimum Gasteiger partial charge on any atom is -0.384 e. The van der Waals surface area contributed by atoms with Crippen molar-refractivity contribution in [1.29, 1.82) is 0 Å². The minimum absolute atomic E-state index is 0.278. The normalized spacial score (nSPS) is 10.6. The van der Waals surface area contributed by atoms with E-state index in [1.165, 1.54) is 16.6 Å². The second-order valence-corrected chi connectivity index (χ2v) is 4.91. The number of hydrogen-bond donors (Lipinski definition) is 3. The first kappa shape index (κ1) is 13.9. The van der Waals surface area contributed by atoms with Gasteiger partial charge in [-0.25, -0.2) is 4.98 Å². The van der Waals surface area contributed by atoms with Crippen molar-refractivity contribution >= 4 is 11.7 Å². The summed E-state index contributed by atoms with van der Waals surface area (Å²) in [5.41, 5.74) is 9.19. The summed E-state index contributed by atoms with van der Waals surface area (Å²) >= 11 is 0. The van der Waals surface area contributed by atoms with Gasteiger partial charge in [0.05, 0.1) is 12.0 Å². The Labute approximate surface area is 127 Å². The number of nitrogens with one attached hydrogen (secondary N) is 2. The molecule has 0 fully saturated rings. The van der Waals surface area contributed by atoms with E-state index in [-0.39, 0.29) is 5.91 Å². The van der Waals surface area contributed by atoms with E-state index in [1.54, 1.807) is 13.1 Å². The summed E-state index contributed by atoms with van der Waals surface area (Å²) in [6, 6.07) is 9.73. The lowest BCUT2D eigenvalue weighted by atomic mass is 10.1. The summed E-state index contributed by atoms with van der Waals surface area (Å²) in [6.45, 7) is 2.02. The smallest absolute Gasteiger partial charge is 0.271 e. The van der Waals surface area contributed by atoms with E-state index in [4.69, 9.17) is 5.73 Å². The first-order valence-electron chi connectivity index (χ1n) is 6.78. The van der Waals surface area contributed by atoms with Crippen LogP contribution >= 0.6 is 0 Å². The topological polar surface area (TPSA) is 102 Å².